The standard InChI is InChI=1S/C15H23NO3/c1-3-15(4-2,11-17)10-16-9-12-5-7-13(8-6-12)14(18)19/h5-8,16-17H,3-4,9-11H2,1-2H3,(H,18,19). The number of aromatic carboxylic acids is 1. The van der Waals surface area contributed by atoms with Crippen molar-refractivity contribution in [3.05, 3.63) is 35.4 Å². The van der Waals surface area contributed by atoms with Gasteiger partial charge in [0.05, 0.1) is 5.56 Å². The van der Waals surface area contributed by atoms with Gasteiger partial charge in [-0.15, -0.1) is 0 Å². The van der Waals surface area contributed by atoms with Crippen LogP contribution in [0, 0.1) is 5.41 Å². The summed E-state index contributed by atoms with van der Waals surface area (Å²) in [4.78, 5) is 10.7. The van der Waals surface area contributed by atoms with E-state index in [1.807, 2.05) is 12.1 Å². The molecule has 106 valence electrons. The number of carbonyl (C=O) groups is 1. The van der Waals surface area contributed by atoms with Crippen LogP contribution in [-0.4, -0.2) is 29.3 Å². The highest BCUT2D eigenvalue weighted by Gasteiger charge is 2.24. The lowest BCUT2D eigenvalue weighted by Crippen LogP contribution is -2.36. The summed E-state index contributed by atoms with van der Waals surface area (Å²) in [6.07, 6.45) is 1.87. The normalized spacial score (nSPS) is 11.5. The van der Waals surface area contributed by atoms with E-state index in [1.165, 1.54) is 0 Å². The molecule has 0 atom stereocenters. The van der Waals surface area contributed by atoms with Crippen LogP contribution >= 0.6 is 0 Å². The fourth-order valence-corrected chi connectivity index (χ4v) is 2.02. The molecule has 1 aromatic carbocycles. The minimum Gasteiger partial charge on any atom is -0.478 e. The lowest BCUT2D eigenvalue weighted by atomic mass is 9.83. The molecule has 0 aliphatic carbocycles. The van der Waals surface area contributed by atoms with Crippen LogP contribution in [0.4, 0.5) is 0 Å². The molecule has 4 heteroatoms. The first-order chi connectivity index (χ1) is 9.06. The number of aliphatic hydroxyl groups excluding tert-OH is 1. The van der Waals surface area contributed by atoms with Crippen LogP contribution in [0.1, 0.15) is 42.6 Å². The number of aliphatic hydroxyl groups is 1. The Labute approximate surface area is 114 Å². The Hall–Kier alpha value is -1.39. The van der Waals surface area contributed by atoms with Gasteiger partial charge in [0.25, 0.3) is 0 Å². The van der Waals surface area contributed by atoms with Crippen molar-refractivity contribution in [3.63, 3.8) is 0 Å². The number of rotatable bonds is 8. The Balaban J connectivity index is 2.51. The molecule has 0 aromatic heterocycles. The van der Waals surface area contributed by atoms with Crippen molar-refractivity contribution < 1.29 is 15.0 Å². The summed E-state index contributed by atoms with van der Waals surface area (Å²) in [6.45, 7) is 5.80. The topological polar surface area (TPSA) is 69.6 Å². The molecular formula is C15H23NO3. The van der Waals surface area contributed by atoms with E-state index < -0.39 is 5.97 Å². The molecule has 0 saturated heterocycles. The summed E-state index contributed by atoms with van der Waals surface area (Å²) in [7, 11) is 0. The summed E-state index contributed by atoms with van der Waals surface area (Å²) in [5, 5.41) is 21.6. The first-order valence-electron chi connectivity index (χ1n) is 6.70. The van der Waals surface area contributed by atoms with Crippen LogP contribution in [-0.2, 0) is 6.54 Å². The summed E-state index contributed by atoms with van der Waals surface area (Å²) in [5.41, 5.74) is 1.29. The predicted molar refractivity (Wildman–Crippen MR) is 75.2 cm³/mol. The Kier molecular flexibility index (Phi) is 5.99. The van der Waals surface area contributed by atoms with Gasteiger partial charge in [-0.3, -0.25) is 0 Å². The summed E-state index contributed by atoms with van der Waals surface area (Å²) >= 11 is 0. The SMILES string of the molecule is CCC(CC)(CO)CNCc1ccc(C(=O)O)cc1. The second-order valence-corrected chi connectivity index (χ2v) is 4.97. The first kappa shape index (κ1) is 15.7. The third-order valence-corrected chi connectivity index (χ3v) is 3.87. The smallest absolute Gasteiger partial charge is 0.335 e. The van der Waals surface area contributed by atoms with Crippen LogP contribution < -0.4 is 5.32 Å². The molecule has 0 aliphatic rings. The number of hydrogen-bond acceptors (Lipinski definition) is 3. The molecule has 1 rings (SSSR count). The minimum atomic E-state index is -0.907. The highest BCUT2D eigenvalue weighted by atomic mass is 16.4. The van der Waals surface area contributed by atoms with Gasteiger partial charge < -0.3 is 15.5 Å². The van der Waals surface area contributed by atoms with Crippen molar-refractivity contribution in [2.45, 2.75) is 33.2 Å². The van der Waals surface area contributed by atoms with Gasteiger partial charge in [0.15, 0.2) is 0 Å². The molecule has 0 spiro atoms. The van der Waals surface area contributed by atoms with Gasteiger partial charge in [-0.2, -0.15) is 0 Å². The molecule has 0 heterocycles. The Morgan fingerprint density at radius 2 is 1.79 bits per heavy atom. The molecule has 0 saturated carbocycles. The Morgan fingerprint density at radius 3 is 2.21 bits per heavy atom. The van der Waals surface area contributed by atoms with Gasteiger partial charge in [-0.05, 0) is 30.5 Å². The average Bonchev–Trinajstić information content (AvgIpc) is 2.45. The average molecular weight is 265 g/mol. The van der Waals surface area contributed by atoms with Crippen molar-refractivity contribution in [3.8, 4) is 0 Å². The Bertz CT molecular complexity index is 388. The van der Waals surface area contributed by atoms with Crippen molar-refractivity contribution in [1.29, 1.82) is 0 Å². The zero-order valence-electron chi connectivity index (χ0n) is 11.6. The monoisotopic (exact) mass is 265 g/mol. The molecule has 19 heavy (non-hydrogen) atoms. The van der Waals surface area contributed by atoms with E-state index in [2.05, 4.69) is 19.2 Å². The summed E-state index contributed by atoms with van der Waals surface area (Å²) < 4.78 is 0. The quantitative estimate of drug-likeness (QED) is 0.674. The van der Waals surface area contributed by atoms with Gasteiger partial charge in [0, 0.05) is 25.1 Å². The van der Waals surface area contributed by atoms with E-state index in [1.54, 1.807) is 12.1 Å². The molecular weight excluding hydrogens is 242 g/mol. The first-order valence-corrected chi connectivity index (χ1v) is 6.70. The van der Waals surface area contributed by atoms with E-state index in [9.17, 15) is 9.90 Å². The van der Waals surface area contributed by atoms with Crippen LogP contribution in [0.15, 0.2) is 24.3 Å². The maximum absolute atomic E-state index is 10.7. The molecule has 1 aromatic rings. The molecule has 0 amide bonds. The van der Waals surface area contributed by atoms with Crippen LogP contribution in [0.3, 0.4) is 0 Å². The maximum Gasteiger partial charge on any atom is 0.335 e. The fourth-order valence-electron chi connectivity index (χ4n) is 2.02. The van der Waals surface area contributed by atoms with Crippen LogP contribution in [0.5, 0.6) is 0 Å². The van der Waals surface area contributed by atoms with Gasteiger partial charge in [0.1, 0.15) is 0 Å². The third-order valence-electron chi connectivity index (χ3n) is 3.87. The van der Waals surface area contributed by atoms with Crippen molar-refractivity contribution in [2.75, 3.05) is 13.2 Å². The van der Waals surface area contributed by atoms with Gasteiger partial charge in [-0.1, -0.05) is 26.0 Å². The predicted octanol–water partition coefficient (Wildman–Crippen LogP) is 2.27. The zero-order valence-corrected chi connectivity index (χ0v) is 11.6. The summed E-state index contributed by atoms with van der Waals surface area (Å²) in [5.74, 6) is -0.907. The Morgan fingerprint density at radius 1 is 1.21 bits per heavy atom. The van der Waals surface area contributed by atoms with E-state index in [0.717, 1.165) is 24.9 Å². The number of carboxylic acids is 1. The third kappa shape index (κ3) is 4.33. The minimum absolute atomic E-state index is 0.0546. The van der Waals surface area contributed by atoms with Crippen molar-refractivity contribution >= 4 is 5.97 Å². The molecule has 0 aliphatic heterocycles. The number of benzene rings is 1. The molecule has 4 nitrogen and oxygen atoms in total. The van der Waals surface area contributed by atoms with E-state index in [0.29, 0.717) is 12.1 Å². The van der Waals surface area contributed by atoms with Crippen molar-refractivity contribution in [1.82, 2.24) is 5.32 Å². The zero-order chi connectivity index (χ0) is 14.3. The second kappa shape index (κ2) is 7.26. The van der Waals surface area contributed by atoms with E-state index >= 15 is 0 Å². The van der Waals surface area contributed by atoms with E-state index in [4.69, 9.17) is 5.11 Å². The lowest BCUT2D eigenvalue weighted by Gasteiger charge is -2.29. The lowest BCUT2D eigenvalue weighted by molar-refractivity contribution is 0.0697. The molecule has 0 unspecified atom stereocenters. The number of carboxylic acid groups (broad SMARTS) is 1. The number of hydrogen-bond donors (Lipinski definition) is 3. The molecule has 0 fully saturated rings. The number of nitrogens with one attached hydrogen (secondary N) is 1. The van der Waals surface area contributed by atoms with Crippen LogP contribution in [0.25, 0.3) is 0 Å². The van der Waals surface area contributed by atoms with Gasteiger partial charge in [0.2, 0.25) is 0 Å². The summed E-state index contributed by atoms with van der Waals surface area (Å²) in [6, 6.07) is 6.85. The van der Waals surface area contributed by atoms with Gasteiger partial charge >= 0.3 is 5.97 Å². The fraction of sp³-hybridized carbons (Fsp3) is 0.533. The highest BCUT2D eigenvalue weighted by molar-refractivity contribution is 5.87. The second-order valence-electron chi connectivity index (χ2n) is 4.97. The van der Waals surface area contributed by atoms with Crippen LogP contribution in [0.2, 0.25) is 0 Å². The largest absolute Gasteiger partial charge is 0.478 e. The van der Waals surface area contributed by atoms with Gasteiger partial charge in [-0.25, -0.2) is 4.79 Å². The molecule has 3 N–H and O–H groups in total. The molecule has 0 bridgehead atoms. The maximum atomic E-state index is 10.7. The van der Waals surface area contributed by atoms with Crippen molar-refractivity contribution in [2.24, 2.45) is 5.41 Å². The molecule has 0 radical (unpaired) electrons. The van der Waals surface area contributed by atoms with E-state index in [-0.39, 0.29) is 12.0 Å². The highest BCUT2D eigenvalue weighted by Crippen LogP contribution is 2.24.